The molecule has 180 valence electrons. The van der Waals surface area contributed by atoms with Crippen molar-refractivity contribution >= 4 is 15.6 Å². The molecule has 9 nitrogen and oxygen atoms in total. The summed E-state index contributed by atoms with van der Waals surface area (Å²) < 4.78 is 56.6. The van der Waals surface area contributed by atoms with Gasteiger partial charge in [-0.05, 0) is 32.0 Å². The summed E-state index contributed by atoms with van der Waals surface area (Å²) >= 11 is 0. The number of ether oxygens (including phenoxy) is 1. The first-order valence-corrected chi connectivity index (χ1v) is 12.0. The van der Waals surface area contributed by atoms with Gasteiger partial charge in [0.1, 0.15) is 28.6 Å². The van der Waals surface area contributed by atoms with Crippen molar-refractivity contribution in [2.75, 3.05) is 26.6 Å². The minimum absolute atomic E-state index is 0.0459. The smallest absolute Gasteiger partial charge is 0.181 e. The maximum Gasteiger partial charge on any atom is 0.181 e. The molecule has 1 unspecified atom stereocenters. The molecule has 0 spiro atoms. The maximum absolute atomic E-state index is 15.0. The number of nitrogens with two attached hydrogens (primary N) is 1. The van der Waals surface area contributed by atoms with Gasteiger partial charge in [-0.3, -0.25) is 4.99 Å². The van der Waals surface area contributed by atoms with Gasteiger partial charge in [0.15, 0.2) is 23.0 Å². The summed E-state index contributed by atoms with van der Waals surface area (Å²) in [6.45, 7) is 2.15. The Bertz CT molecular complexity index is 1380. The Morgan fingerprint density at radius 1 is 1.26 bits per heavy atom. The van der Waals surface area contributed by atoms with Gasteiger partial charge in [0.2, 0.25) is 0 Å². The number of aromatic nitrogens is 3. The number of benzene rings is 1. The molecule has 0 saturated carbocycles. The Balaban J connectivity index is 1.79. The lowest BCUT2D eigenvalue weighted by Crippen LogP contribution is -2.56. The molecule has 0 radical (unpaired) electrons. The van der Waals surface area contributed by atoms with Crippen LogP contribution in [0.25, 0.3) is 22.8 Å². The van der Waals surface area contributed by atoms with E-state index in [2.05, 4.69) is 24.5 Å². The molecule has 0 saturated heterocycles. The van der Waals surface area contributed by atoms with Crippen LogP contribution in [0.3, 0.4) is 0 Å². The lowest BCUT2D eigenvalue weighted by molar-refractivity contribution is 0.326. The third-order valence-electron chi connectivity index (χ3n) is 6.05. The van der Waals surface area contributed by atoms with Gasteiger partial charge in [-0.2, -0.15) is 0 Å². The van der Waals surface area contributed by atoms with Gasteiger partial charge in [0, 0.05) is 24.2 Å². The number of alkyl halides is 1. The summed E-state index contributed by atoms with van der Waals surface area (Å²) in [6.07, 6.45) is 2.97. The van der Waals surface area contributed by atoms with Crippen molar-refractivity contribution in [2.45, 2.75) is 24.1 Å². The van der Waals surface area contributed by atoms with Crippen molar-refractivity contribution in [3.8, 4) is 28.6 Å². The molecular weight excluding hydrogens is 466 g/mol. The highest BCUT2D eigenvalue weighted by atomic mass is 32.2. The van der Waals surface area contributed by atoms with E-state index in [-0.39, 0.29) is 22.9 Å². The first kappa shape index (κ1) is 23.7. The summed E-state index contributed by atoms with van der Waals surface area (Å²) in [7, 11) is -0.170. The van der Waals surface area contributed by atoms with Crippen LogP contribution in [0.4, 0.5) is 8.78 Å². The molecule has 4 rings (SSSR count). The SMILES string of the molecule is CN=S1(=O)C[C@@](CF)(c2cc(-c3cc(-c4ncc(OC)cn4)no3)ccc2F)N=C(N)C1(C)C. The fourth-order valence-electron chi connectivity index (χ4n) is 3.74. The van der Waals surface area contributed by atoms with Crippen LogP contribution in [-0.4, -0.2) is 56.5 Å². The Hall–Kier alpha value is -3.41. The van der Waals surface area contributed by atoms with E-state index >= 15 is 4.39 Å². The van der Waals surface area contributed by atoms with E-state index in [0.717, 1.165) is 0 Å². The summed E-state index contributed by atoms with van der Waals surface area (Å²) in [5.41, 5.74) is 4.98. The molecule has 0 bridgehead atoms. The van der Waals surface area contributed by atoms with E-state index in [1.165, 1.54) is 44.8 Å². The lowest BCUT2D eigenvalue weighted by Gasteiger charge is -2.41. The predicted octanol–water partition coefficient (Wildman–Crippen LogP) is 3.36. The number of aliphatic imine (C=N–C) groups is 1. The van der Waals surface area contributed by atoms with Gasteiger partial charge in [0.05, 0.1) is 35.0 Å². The number of methoxy groups -OCH3 is 1. The van der Waals surface area contributed by atoms with Crippen LogP contribution in [0.5, 0.6) is 5.75 Å². The number of amidine groups is 1. The minimum atomic E-state index is -3.06. The number of nitrogens with zero attached hydrogens (tertiary/aromatic N) is 5. The molecular formula is C22H24F2N6O3S. The highest BCUT2D eigenvalue weighted by molar-refractivity contribution is 7.95. The third kappa shape index (κ3) is 3.71. The molecule has 1 aliphatic rings. The van der Waals surface area contributed by atoms with Crippen LogP contribution >= 0.6 is 0 Å². The molecule has 3 aromatic rings. The van der Waals surface area contributed by atoms with E-state index in [9.17, 15) is 8.60 Å². The fourth-order valence-corrected chi connectivity index (χ4v) is 6.01. The summed E-state index contributed by atoms with van der Waals surface area (Å²) in [6, 6.07) is 5.61. The minimum Gasteiger partial charge on any atom is -0.494 e. The first-order chi connectivity index (χ1) is 16.1. The second-order valence-electron chi connectivity index (χ2n) is 8.36. The van der Waals surface area contributed by atoms with Gasteiger partial charge in [-0.15, -0.1) is 0 Å². The molecule has 34 heavy (non-hydrogen) atoms. The number of hydrogen-bond donors (Lipinski definition) is 1. The van der Waals surface area contributed by atoms with Crippen molar-refractivity contribution in [1.29, 1.82) is 0 Å². The Labute approximate surface area is 195 Å². The Morgan fingerprint density at radius 3 is 2.59 bits per heavy atom. The van der Waals surface area contributed by atoms with Crippen LogP contribution < -0.4 is 10.5 Å². The lowest BCUT2D eigenvalue weighted by atomic mass is 9.90. The third-order valence-corrected chi connectivity index (χ3v) is 9.32. The monoisotopic (exact) mass is 490 g/mol. The van der Waals surface area contributed by atoms with E-state index in [0.29, 0.717) is 22.8 Å². The van der Waals surface area contributed by atoms with Crippen molar-refractivity contribution < 1.29 is 22.2 Å². The topological polar surface area (TPSA) is 129 Å². The number of rotatable bonds is 5. The second kappa shape index (κ2) is 8.42. The number of hydrogen-bond acceptors (Lipinski definition) is 9. The largest absolute Gasteiger partial charge is 0.494 e. The van der Waals surface area contributed by atoms with E-state index in [1.807, 2.05) is 0 Å². The zero-order chi connectivity index (χ0) is 24.7. The summed E-state index contributed by atoms with van der Waals surface area (Å²) in [5, 5.41) is 3.97. The number of halogens is 2. The normalized spacial score (nSPS) is 23.9. The van der Waals surface area contributed by atoms with Gasteiger partial charge in [-0.1, -0.05) is 5.16 Å². The van der Waals surface area contributed by atoms with Gasteiger partial charge < -0.3 is 15.0 Å². The molecule has 2 N–H and O–H groups in total. The summed E-state index contributed by atoms with van der Waals surface area (Å²) in [4.78, 5) is 12.6. The zero-order valence-corrected chi connectivity index (χ0v) is 19.9. The quantitative estimate of drug-likeness (QED) is 0.581. The van der Waals surface area contributed by atoms with Crippen LogP contribution in [0.2, 0.25) is 0 Å². The van der Waals surface area contributed by atoms with E-state index < -0.39 is 32.5 Å². The maximum atomic E-state index is 15.0. The molecule has 2 aromatic heterocycles. The zero-order valence-electron chi connectivity index (χ0n) is 19.1. The molecule has 0 amide bonds. The van der Waals surface area contributed by atoms with Crippen LogP contribution in [0.15, 0.2) is 50.5 Å². The Kier molecular flexibility index (Phi) is 5.88. The fraction of sp³-hybridized carbons (Fsp3) is 0.364. The first-order valence-electron chi connectivity index (χ1n) is 10.3. The van der Waals surface area contributed by atoms with Crippen molar-refractivity contribution in [3.63, 3.8) is 0 Å². The van der Waals surface area contributed by atoms with E-state index in [1.54, 1.807) is 19.9 Å². The van der Waals surface area contributed by atoms with Crippen molar-refractivity contribution in [3.05, 3.63) is 48.0 Å². The molecule has 1 aliphatic heterocycles. The average molecular weight is 491 g/mol. The average Bonchev–Trinajstić information content (AvgIpc) is 3.33. The molecule has 0 fully saturated rings. The van der Waals surface area contributed by atoms with Crippen LogP contribution in [-0.2, 0) is 15.3 Å². The van der Waals surface area contributed by atoms with Crippen LogP contribution in [0.1, 0.15) is 19.4 Å². The highest BCUT2D eigenvalue weighted by Gasteiger charge is 2.50. The van der Waals surface area contributed by atoms with Gasteiger partial charge in [0.25, 0.3) is 0 Å². The van der Waals surface area contributed by atoms with Crippen molar-refractivity contribution in [1.82, 2.24) is 15.1 Å². The second-order valence-corrected chi connectivity index (χ2v) is 11.3. The highest BCUT2D eigenvalue weighted by Crippen LogP contribution is 2.41. The molecule has 1 aromatic carbocycles. The van der Waals surface area contributed by atoms with Gasteiger partial charge in [-0.25, -0.2) is 27.3 Å². The van der Waals surface area contributed by atoms with E-state index in [4.69, 9.17) is 15.0 Å². The van der Waals surface area contributed by atoms with Crippen molar-refractivity contribution in [2.24, 2.45) is 15.1 Å². The standard InChI is InChI=1S/C22H24F2N6O3S/c1-21(2)20(25)29-22(11-23,12-34(21,31)26-3)15-7-13(5-6-16(15)24)18-8-17(30-33-18)19-27-9-14(32-4)10-28-19/h5-10H,11-12H2,1-4H3,(H2,25,29)/t22-,34?/m0/s1. The Morgan fingerprint density at radius 2 is 1.97 bits per heavy atom. The molecule has 3 heterocycles. The molecule has 2 atom stereocenters. The summed E-state index contributed by atoms with van der Waals surface area (Å²) in [5.74, 6) is -0.0157. The molecule has 12 heteroatoms. The predicted molar refractivity (Wildman–Crippen MR) is 124 cm³/mol. The molecule has 0 aliphatic carbocycles. The van der Waals surface area contributed by atoms with Crippen LogP contribution in [0, 0.1) is 5.82 Å². The van der Waals surface area contributed by atoms with Gasteiger partial charge >= 0.3 is 0 Å².